The van der Waals surface area contributed by atoms with Gasteiger partial charge in [0, 0.05) is 0 Å². The van der Waals surface area contributed by atoms with Crippen molar-refractivity contribution in [2.75, 3.05) is 0 Å². The van der Waals surface area contributed by atoms with E-state index in [1.165, 1.54) is 0 Å². The monoisotopic (exact) mass is 182 g/mol. The zero-order chi connectivity index (χ0) is 8.55. The predicted octanol–water partition coefficient (Wildman–Crippen LogP) is 1.57. The molecule has 0 aliphatic heterocycles. The van der Waals surface area contributed by atoms with Crippen LogP contribution < -0.4 is 0 Å². The third kappa shape index (κ3) is 1.04. The lowest BCUT2D eigenvalue weighted by Gasteiger charge is -1.96. The molecule has 0 spiro atoms. The SMILES string of the molecule is CCc1nc(Cl)nc2nc[nH]c12. The van der Waals surface area contributed by atoms with Crippen molar-refractivity contribution >= 4 is 22.8 Å². The minimum absolute atomic E-state index is 0.256. The lowest BCUT2D eigenvalue weighted by atomic mass is 10.3. The number of hydrogen-bond acceptors (Lipinski definition) is 3. The van der Waals surface area contributed by atoms with Gasteiger partial charge in [0.1, 0.15) is 5.52 Å². The van der Waals surface area contributed by atoms with E-state index in [-0.39, 0.29) is 5.28 Å². The van der Waals surface area contributed by atoms with Crippen LogP contribution in [0.1, 0.15) is 12.6 Å². The second-order valence-electron chi connectivity index (χ2n) is 2.39. The van der Waals surface area contributed by atoms with Gasteiger partial charge in [0.2, 0.25) is 5.28 Å². The van der Waals surface area contributed by atoms with Crippen molar-refractivity contribution in [2.45, 2.75) is 13.3 Å². The molecule has 2 aromatic heterocycles. The maximum absolute atomic E-state index is 5.68. The van der Waals surface area contributed by atoms with E-state index in [0.717, 1.165) is 17.6 Å². The first kappa shape index (κ1) is 7.49. The second kappa shape index (κ2) is 2.71. The molecule has 0 aliphatic carbocycles. The van der Waals surface area contributed by atoms with Crippen LogP contribution in [-0.4, -0.2) is 19.9 Å². The molecule has 0 unspecified atom stereocenters. The van der Waals surface area contributed by atoms with Crippen LogP contribution in [0.25, 0.3) is 11.2 Å². The number of aromatic amines is 1. The molecule has 62 valence electrons. The average molecular weight is 183 g/mol. The number of hydrogen-bond donors (Lipinski definition) is 1. The summed E-state index contributed by atoms with van der Waals surface area (Å²) in [5, 5.41) is 0.256. The molecule has 12 heavy (non-hydrogen) atoms. The molecule has 0 radical (unpaired) electrons. The minimum Gasteiger partial charge on any atom is -0.342 e. The van der Waals surface area contributed by atoms with Crippen LogP contribution in [0.4, 0.5) is 0 Å². The molecule has 4 nitrogen and oxygen atoms in total. The fourth-order valence-corrected chi connectivity index (χ4v) is 1.30. The Kier molecular flexibility index (Phi) is 1.69. The number of halogens is 1. The fraction of sp³-hybridized carbons (Fsp3) is 0.286. The maximum Gasteiger partial charge on any atom is 0.224 e. The number of fused-ring (bicyclic) bond motifs is 1. The van der Waals surface area contributed by atoms with Gasteiger partial charge in [-0.1, -0.05) is 6.92 Å². The number of aryl methyl sites for hydroxylation is 1. The van der Waals surface area contributed by atoms with Gasteiger partial charge < -0.3 is 4.98 Å². The molecule has 2 rings (SSSR count). The highest BCUT2D eigenvalue weighted by Crippen LogP contribution is 2.13. The van der Waals surface area contributed by atoms with Gasteiger partial charge in [0.15, 0.2) is 5.65 Å². The highest BCUT2D eigenvalue weighted by molar-refractivity contribution is 6.28. The molecule has 0 aromatic carbocycles. The Bertz CT molecular complexity index is 409. The Labute approximate surface area is 74.0 Å². The smallest absolute Gasteiger partial charge is 0.224 e. The van der Waals surface area contributed by atoms with Gasteiger partial charge in [-0.15, -0.1) is 0 Å². The summed E-state index contributed by atoms with van der Waals surface area (Å²) < 4.78 is 0. The van der Waals surface area contributed by atoms with Gasteiger partial charge >= 0.3 is 0 Å². The third-order valence-electron chi connectivity index (χ3n) is 1.67. The van der Waals surface area contributed by atoms with E-state index in [4.69, 9.17) is 11.6 Å². The molecule has 0 saturated carbocycles. The molecule has 0 fully saturated rings. The molecule has 0 bridgehead atoms. The Hall–Kier alpha value is -1.16. The van der Waals surface area contributed by atoms with E-state index >= 15 is 0 Å². The fourth-order valence-electron chi connectivity index (χ4n) is 1.12. The normalized spacial score (nSPS) is 10.8. The largest absolute Gasteiger partial charge is 0.342 e. The standard InChI is InChI=1S/C7H7ClN4/c1-2-4-5-6(10-3-9-5)12-7(8)11-4/h3H,2H2,1H3,(H,9,10,11,12). The van der Waals surface area contributed by atoms with E-state index in [1.54, 1.807) is 6.33 Å². The van der Waals surface area contributed by atoms with E-state index < -0.39 is 0 Å². The van der Waals surface area contributed by atoms with Crippen LogP contribution in [0, 0.1) is 0 Å². The summed E-state index contributed by atoms with van der Waals surface area (Å²) in [6, 6.07) is 0. The first-order valence-electron chi connectivity index (χ1n) is 3.66. The highest BCUT2D eigenvalue weighted by Gasteiger charge is 2.05. The summed E-state index contributed by atoms with van der Waals surface area (Å²) in [5.41, 5.74) is 2.41. The van der Waals surface area contributed by atoms with E-state index in [1.807, 2.05) is 6.92 Å². The predicted molar refractivity (Wildman–Crippen MR) is 46.1 cm³/mol. The second-order valence-corrected chi connectivity index (χ2v) is 2.73. The van der Waals surface area contributed by atoms with E-state index in [2.05, 4.69) is 19.9 Å². The summed E-state index contributed by atoms with van der Waals surface area (Å²) in [7, 11) is 0. The molecule has 0 aliphatic rings. The number of nitrogens with one attached hydrogen (secondary N) is 1. The van der Waals surface area contributed by atoms with Crippen LogP contribution >= 0.6 is 11.6 Å². The Morgan fingerprint density at radius 1 is 1.50 bits per heavy atom. The van der Waals surface area contributed by atoms with Crippen molar-refractivity contribution < 1.29 is 0 Å². The molecule has 0 atom stereocenters. The topological polar surface area (TPSA) is 54.5 Å². The van der Waals surface area contributed by atoms with Gasteiger partial charge in [0.25, 0.3) is 0 Å². The molecule has 2 aromatic rings. The van der Waals surface area contributed by atoms with Crippen LogP contribution in [0.3, 0.4) is 0 Å². The van der Waals surface area contributed by atoms with Crippen LogP contribution in [0.5, 0.6) is 0 Å². The highest BCUT2D eigenvalue weighted by atomic mass is 35.5. The number of imidazole rings is 1. The van der Waals surface area contributed by atoms with Crippen molar-refractivity contribution in [3.8, 4) is 0 Å². The first-order valence-corrected chi connectivity index (χ1v) is 4.04. The summed E-state index contributed by atoms with van der Waals surface area (Å²) >= 11 is 5.68. The van der Waals surface area contributed by atoms with Gasteiger partial charge in [-0.2, -0.15) is 4.98 Å². The van der Waals surface area contributed by atoms with Crippen LogP contribution in [0.2, 0.25) is 5.28 Å². The average Bonchev–Trinajstić information content (AvgIpc) is 2.50. The van der Waals surface area contributed by atoms with E-state index in [9.17, 15) is 0 Å². The zero-order valence-corrected chi connectivity index (χ0v) is 7.26. The number of aromatic nitrogens is 4. The Morgan fingerprint density at radius 2 is 2.33 bits per heavy atom. The summed E-state index contributed by atoms with van der Waals surface area (Å²) in [6.07, 6.45) is 2.41. The lowest BCUT2D eigenvalue weighted by molar-refractivity contribution is 1.02. The van der Waals surface area contributed by atoms with Crippen molar-refractivity contribution in [3.63, 3.8) is 0 Å². The van der Waals surface area contributed by atoms with Gasteiger partial charge in [-0.25, -0.2) is 9.97 Å². The minimum atomic E-state index is 0.256. The third-order valence-corrected chi connectivity index (χ3v) is 1.84. The number of H-pyrrole nitrogens is 1. The molecule has 5 heteroatoms. The van der Waals surface area contributed by atoms with E-state index in [0.29, 0.717) is 5.65 Å². The molecule has 2 heterocycles. The van der Waals surface area contributed by atoms with Crippen molar-refractivity contribution in [3.05, 3.63) is 17.3 Å². The molecule has 1 N–H and O–H groups in total. The van der Waals surface area contributed by atoms with Crippen LogP contribution in [0.15, 0.2) is 6.33 Å². The van der Waals surface area contributed by atoms with Gasteiger partial charge in [-0.05, 0) is 18.0 Å². The van der Waals surface area contributed by atoms with Crippen molar-refractivity contribution in [1.29, 1.82) is 0 Å². The zero-order valence-electron chi connectivity index (χ0n) is 6.50. The number of rotatable bonds is 1. The summed E-state index contributed by atoms with van der Waals surface area (Å²) in [6.45, 7) is 2.01. The quantitative estimate of drug-likeness (QED) is 0.682. The van der Waals surface area contributed by atoms with Crippen molar-refractivity contribution in [2.24, 2.45) is 0 Å². The van der Waals surface area contributed by atoms with Gasteiger partial charge in [0.05, 0.1) is 12.0 Å². The Balaban J connectivity index is 2.80. The molecule has 0 amide bonds. The molecular weight excluding hydrogens is 176 g/mol. The summed E-state index contributed by atoms with van der Waals surface area (Å²) in [4.78, 5) is 15.0. The van der Waals surface area contributed by atoms with Crippen LogP contribution in [-0.2, 0) is 6.42 Å². The maximum atomic E-state index is 5.68. The lowest BCUT2D eigenvalue weighted by Crippen LogP contribution is -1.92. The molecule has 0 saturated heterocycles. The number of nitrogens with zero attached hydrogens (tertiary/aromatic N) is 3. The van der Waals surface area contributed by atoms with Gasteiger partial charge in [-0.3, -0.25) is 0 Å². The Morgan fingerprint density at radius 3 is 3.08 bits per heavy atom. The van der Waals surface area contributed by atoms with Crippen molar-refractivity contribution in [1.82, 2.24) is 19.9 Å². The molecular formula is C7H7ClN4. The summed E-state index contributed by atoms with van der Waals surface area (Å²) in [5.74, 6) is 0. The first-order chi connectivity index (χ1) is 5.81.